The molecule has 0 amide bonds. The van der Waals surface area contributed by atoms with Crippen LogP contribution in [0.1, 0.15) is 31.9 Å². The lowest BCUT2D eigenvalue weighted by Gasteiger charge is -2.26. The van der Waals surface area contributed by atoms with Gasteiger partial charge in [-0.2, -0.15) is 5.26 Å². The van der Waals surface area contributed by atoms with E-state index < -0.39 is 6.10 Å². The normalized spacial score (nSPS) is 13.9. The Balaban J connectivity index is 2.96. The van der Waals surface area contributed by atoms with Crippen LogP contribution in [-0.4, -0.2) is 18.2 Å². The molecule has 3 nitrogen and oxygen atoms in total. The van der Waals surface area contributed by atoms with Crippen molar-refractivity contribution in [3.63, 3.8) is 0 Å². The molecule has 0 radical (unpaired) electrons. The largest absolute Gasteiger partial charge is 0.389 e. The molecule has 1 N–H and O–H groups in total. The van der Waals surface area contributed by atoms with Gasteiger partial charge in [-0.3, -0.25) is 0 Å². The number of rotatable bonds is 4. The van der Waals surface area contributed by atoms with Crippen molar-refractivity contribution in [2.24, 2.45) is 0 Å². The Morgan fingerprint density at radius 2 is 2.12 bits per heavy atom. The van der Waals surface area contributed by atoms with Crippen LogP contribution < -0.4 is 4.90 Å². The van der Waals surface area contributed by atoms with E-state index in [9.17, 15) is 5.11 Å². The highest BCUT2D eigenvalue weighted by Gasteiger charge is 2.13. The second-order valence-electron chi connectivity index (χ2n) is 4.21. The molecule has 1 aromatic carbocycles. The van der Waals surface area contributed by atoms with Crippen molar-refractivity contribution in [3.8, 4) is 6.07 Å². The molecule has 1 rings (SSSR count). The van der Waals surface area contributed by atoms with Crippen molar-refractivity contribution in [3.05, 3.63) is 28.2 Å². The molecule has 0 aliphatic rings. The minimum Gasteiger partial charge on any atom is -0.389 e. The van der Waals surface area contributed by atoms with Crippen LogP contribution in [0.5, 0.6) is 0 Å². The van der Waals surface area contributed by atoms with Crippen LogP contribution in [0.15, 0.2) is 22.7 Å². The molecule has 92 valence electrons. The van der Waals surface area contributed by atoms with Crippen molar-refractivity contribution >= 4 is 21.6 Å². The maximum absolute atomic E-state index is 9.49. The second-order valence-corrected chi connectivity index (χ2v) is 5.06. The van der Waals surface area contributed by atoms with Crippen molar-refractivity contribution in [1.29, 1.82) is 5.26 Å². The average Bonchev–Trinajstić information content (AvgIpc) is 2.28. The molecule has 2 atom stereocenters. The monoisotopic (exact) mass is 296 g/mol. The number of hydrogen-bond acceptors (Lipinski definition) is 3. The third-order valence-electron chi connectivity index (χ3n) is 2.88. The Kier molecular flexibility index (Phi) is 4.98. The van der Waals surface area contributed by atoms with E-state index in [4.69, 9.17) is 5.26 Å². The van der Waals surface area contributed by atoms with E-state index in [1.165, 1.54) is 0 Å². The van der Waals surface area contributed by atoms with Crippen LogP contribution in [0.3, 0.4) is 0 Å². The predicted octanol–water partition coefficient (Wildman–Crippen LogP) is 3.24. The fourth-order valence-electron chi connectivity index (χ4n) is 1.58. The molecule has 0 aliphatic heterocycles. The van der Waals surface area contributed by atoms with E-state index in [1.54, 1.807) is 6.92 Å². The van der Waals surface area contributed by atoms with Gasteiger partial charge in [0, 0.05) is 17.6 Å². The summed E-state index contributed by atoms with van der Waals surface area (Å²) in [6.07, 6.45) is 0.0170. The van der Waals surface area contributed by atoms with Crippen molar-refractivity contribution in [1.82, 2.24) is 0 Å². The maximum Gasteiger partial charge on any atom is 0.0762 e. The van der Waals surface area contributed by atoms with Gasteiger partial charge < -0.3 is 10.0 Å². The third-order valence-corrected chi connectivity index (χ3v) is 3.52. The van der Waals surface area contributed by atoms with Gasteiger partial charge in [0.15, 0.2) is 0 Å². The lowest BCUT2D eigenvalue weighted by atomic mass is 10.1. The van der Waals surface area contributed by atoms with Crippen LogP contribution in [0.4, 0.5) is 5.69 Å². The third kappa shape index (κ3) is 3.45. The summed E-state index contributed by atoms with van der Waals surface area (Å²) >= 11 is 3.50. The first-order chi connectivity index (χ1) is 7.97. The van der Waals surface area contributed by atoms with Gasteiger partial charge in [0.25, 0.3) is 0 Å². The number of halogens is 1. The molecule has 0 fully saturated rings. The van der Waals surface area contributed by atoms with Crippen molar-refractivity contribution in [2.75, 3.05) is 11.9 Å². The molecule has 0 bridgehead atoms. The summed E-state index contributed by atoms with van der Waals surface area (Å²) < 4.78 is 0.934. The molecule has 0 aromatic heterocycles. The van der Waals surface area contributed by atoms with Gasteiger partial charge in [-0.1, -0.05) is 6.07 Å². The highest BCUT2D eigenvalue weighted by atomic mass is 79.9. The zero-order chi connectivity index (χ0) is 13.0. The van der Waals surface area contributed by atoms with Gasteiger partial charge in [-0.25, -0.2) is 0 Å². The van der Waals surface area contributed by atoms with Crippen LogP contribution >= 0.6 is 15.9 Å². The minimum absolute atomic E-state index is 0.161. The SMILES string of the molecule is CC(CC#N)N(C)c1ccc([C@H](C)O)cc1Br. The molecular weight excluding hydrogens is 280 g/mol. The van der Waals surface area contributed by atoms with Gasteiger partial charge in [0.05, 0.1) is 24.3 Å². The maximum atomic E-state index is 9.49. The van der Waals surface area contributed by atoms with Gasteiger partial charge in [-0.05, 0) is 47.5 Å². The van der Waals surface area contributed by atoms with E-state index in [-0.39, 0.29) is 6.04 Å². The van der Waals surface area contributed by atoms with E-state index >= 15 is 0 Å². The van der Waals surface area contributed by atoms with Crippen LogP contribution in [0.2, 0.25) is 0 Å². The molecule has 0 aliphatic carbocycles. The first kappa shape index (κ1) is 14.0. The Morgan fingerprint density at radius 1 is 1.47 bits per heavy atom. The minimum atomic E-state index is -0.470. The number of aliphatic hydroxyl groups excluding tert-OH is 1. The zero-order valence-electron chi connectivity index (χ0n) is 10.3. The highest BCUT2D eigenvalue weighted by Crippen LogP contribution is 2.30. The molecule has 1 aromatic rings. The number of benzene rings is 1. The molecular formula is C13H17BrN2O. The average molecular weight is 297 g/mol. The Labute approximate surface area is 111 Å². The van der Waals surface area contributed by atoms with Crippen molar-refractivity contribution < 1.29 is 5.11 Å². The quantitative estimate of drug-likeness (QED) is 0.928. The van der Waals surface area contributed by atoms with E-state index in [1.807, 2.05) is 32.2 Å². The number of aliphatic hydroxyl groups is 1. The molecule has 0 heterocycles. The molecule has 0 saturated carbocycles. The van der Waals surface area contributed by atoms with Gasteiger partial charge in [0.1, 0.15) is 0 Å². The first-order valence-electron chi connectivity index (χ1n) is 5.54. The lowest BCUT2D eigenvalue weighted by molar-refractivity contribution is 0.199. The molecule has 0 saturated heterocycles. The van der Waals surface area contributed by atoms with E-state index in [0.29, 0.717) is 6.42 Å². The Hall–Kier alpha value is -1.05. The summed E-state index contributed by atoms with van der Waals surface area (Å²) in [5.41, 5.74) is 1.90. The first-order valence-corrected chi connectivity index (χ1v) is 6.34. The summed E-state index contributed by atoms with van der Waals surface area (Å²) in [5, 5.41) is 18.2. The highest BCUT2D eigenvalue weighted by molar-refractivity contribution is 9.10. The molecule has 4 heteroatoms. The number of nitrogens with zero attached hydrogens (tertiary/aromatic N) is 2. The smallest absolute Gasteiger partial charge is 0.0762 e. The summed E-state index contributed by atoms with van der Waals surface area (Å²) in [6, 6.07) is 8.10. The van der Waals surface area contributed by atoms with Crippen LogP contribution in [0, 0.1) is 11.3 Å². The fraction of sp³-hybridized carbons (Fsp3) is 0.462. The lowest BCUT2D eigenvalue weighted by Crippen LogP contribution is -2.28. The van der Waals surface area contributed by atoms with Crippen LogP contribution in [0.25, 0.3) is 0 Å². The summed E-state index contributed by atoms with van der Waals surface area (Å²) in [4.78, 5) is 2.05. The number of anilines is 1. The Morgan fingerprint density at radius 3 is 2.59 bits per heavy atom. The van der Waals surface area contributed by atoms with Crippen molar-refractivity contribution in [2.45, 2.75) is 32.4 Å². The molecule has 17 heavy (non-hydrogen) atoms. The standard InChI is InChI=1S/C13H17BrN2O/c1-9(6-7-15)16(3)13-5-4-11(10(2)17)8-12(13)14/h4-5,8-10,17H,6H2,1-3H3/t9?,10-/m0/s1. The Bertz CT molecular complexity index is 426. The number of hydrogen-bond donors (Lipinski definition) is 1. The zero-order valence-corrected chi connectivity index (χ0v) is 11.9. The van der Waals surface area contributed by atoms with Gasteiger partial charge >= 0.3 is 0 Å². The van der Waals surface area contributed by atoms with E-state index in [2.05, 4.69) is 26.9 Å². The van der Waals surface area contributed by atoms with Crippen LogP contribution in [-0.2, 0) is 0 Å². The molecule has 0 spiro atoms. The predicted molar refractivity (Wildman–Crippen MR) is 72.9 cm³/mol. The fourth-order valence-corrected chi connectivity index (χ4v) is 2.25. The summed E-state index contributed by atoms with van der Waals surface area (Å²) in [7, 11) is 1.96. The van der Waals surface area contributed by atoms with Gasteiger partial charge in [0.2, 0.25) is 0 Å². The second kappa shape index (κ2) is 6.04. The molecule has 1 unspecified atom stereocenters. The van der Waals surface area contributed by atoms with Gasteiger partial charge in [-0.15, -0.1) is 0 Å². The topological polar surface area (TPSA) is 47.3 Å². The van der Waals surface area contributed by atoms with E-state index in [0.717, 1.165) is 15.7 Å². The summed E-state index contributed by atoms with van der Waals surface area (Å²) in [6.45, 7) is 3.75. The summed E-state index contributed by atoms with van der Waals surface area (Å²) in [5.74, 6) is 0. The number of nitriles is 1.